The molecule has 2 rings (SSSR count). The highest BCUT2D eigenvalue weighted by atomic mass is 127. The zero-order chi connectivity index (χ0) is 13.8. The normalized spacial score (nSPS) is 11.1. The van der Waals surface area contributed by atoms with Crippen LogP contribution in [0, 0.1) is 20.8 Å². The Morgan fingerprint density at radius 3 is 2.45 bits per heavy atom. The molecule has 7 heteroatoms. The molecule has 3 N–H and O–H groups in total. The molecule has 0 aliphatic rings. The third-order valence-electron chi connectivity index (χ3n) is 2.45. The number of hydrogen-bond donors (Lipinski definition) is 2. The van der Waals surface area contributed by atoms with Crippen LogP contribution in [0.15, 0.2) is 27.7 Å². The van der Waals surface area contributed by atoms with Gasteiger partial charge in [-0.05, 0) is 37.1 Å². The highest BCUT2D eigenvalue weighted by molar-refractivity contribution is 14.0. The molecule has 0 saturated carbocycles. The van der Waals surface area contributed by atoms with Crippen molar-refractivity contribution >= 4 is 35.6 Å². The van der Waals surface area contributed by atoms with Crippen molar-refractivity contribution in [2.75, 3.05) is 5.32 Å². The lowest BCUT2D eigenvalue weighted by Gasteiger charge is -2.07. The molecule has 2 aromatic rings. The molecule has 0 bridgehead atoms. The van der Waals surface area contributed by atoms with Crippen LogP contribution in [0.2, 0.25) is 0 Å². The maximum absolute atomic E-state index is 5.81. The van der Waals surface area contributed by atoms with E-state index in [0.717, 1.165) is 5.69 Å². The Hall–Kier alpha value is -1.64. The van der Waals surface area contributed by atoms with Crippen LogP contribution in [0.4, 0.5) is 5.69 Å². The van der Waals surface area contributed by atoms with E-state index in [1.165, 1.54) is 11.1 Å². The Kier molecular flexibility index (Phi) is 5.93. The van der Waals surface area contributed by atoms with Crippen molar-refractivity contribution in [1.29, 1.82) is 0 Å². The molecule has 1 aromatic carbocycles. The second-order valence-electron chi connectivity index (χ2n) is 4.43. The SMILES string of the molecule is Cc1cc(C)cc(NC(N)=NCc2noc(C)n2)c1.I. The number of nitrogens with two attached hydrogens (primary N) is 1. The van der Waals surface area contributed by atoms with E-state index in [1.807, 2.05) is 26.0 Å². The number of hydrogen-bond acceptors (Lipinski definition) is 4. The minimum Gasteiger partial charge on any atom is -0.370 e. The first kappa shape index (κ1) is 16.4. The van der Waals surface area contributed by atoms with Crippen LogP contribution >= 0.6 is 24.0 Å². The maximum atomic E-state index is 5.81. The molecule has 1 heterocycles. The molecule has 0 fully saturated rings. The summed E-state index contributed by atoms with van der Waals surface area (Å²) in [7, 11) is 0. The molecular formula is C13H18IN5O. The predicted octanol–water partition coefficient (Wildman–Crippen LogP) is 2.54. The van der Waals surface area contributed by atoms with Gasteiger partial charge < -0.3 is 15.6 Å². The molecule has 0 aliphatic heterocycles. The summed E-state index contributed by atoms with van der Waals surface area (Å²) in [5.74, 6) is 1.36. The third kappa shape index (κ3) is 4.80. The molecular weight excluding hydrogens is 369 g/mol. The Labute approximate surface area is 134 Å². The lowest BCUT2D eigenvalue weighted by Crippen LogP contribution is -2.22. The summed E-state index contributed by atoms with van der Waals surface area (Å²) < 4.78 is 4.85. The van der Waals surface area contributed by atoms with Crippen LogP contribution in [0.3, 0.4) is 0 Å². The number of rotatable bonds is 3. The lowest BCUT2D eigenvalue weighted by atomic mass is 10.1. The van der Waals surface area contributed by atoms with Crippen molar-refractivity contribution in [3.63, 3.8) is 0 Å². The van der Waals surface area contributed by atoms with Gasteiger partial charge in [-0.25, -0.2) is 4.99 Å². The third-order valence-corrected chi connectivity index (χ3v) is 2.45. The number of halogens is 1. The highest BCUT2D eigenvalue weighted by Gasteiger charge is 2.02. The van der Waals surface area contributed by atoms with Crippen LogP contribution in [0.5, 0.6) is 0 Å². The Balaban J connectivity index is 0.00000200. The molecule has 0 atom stereocenters. The number of nitrogens with one attached hydrogen (secondary N) is 1. The van der Waals surface area contributed by atoms with Gasteiger partial charge in [0.25, 0.3) is 0 Å². The largest absolute Gasteiger partial charge is 0.370 e. The summed E-state index contributed by atoms with van der Waals surface area (Å²) in [5.41, 5.74) is 9.07. The van der Waals surface area contributed by atoms with Crippen LogP contribution in [-0.4, -0.2) is 16.1 Å². The number of benzene rings is 1. The van der Waals surface area contributed by atoms with Crippen molar-refractivity contribution < 1.29 is 4.52 Å². The van der Waals surface area contributed by atoms with Gasteiger partial charge in [-0.3, -0.25) is 0 Å². The van der Waals surface area contributed by atoms with E-state index in [9.17, 15) is 0 Å². The van der Waals surface area contributed by atoms with Crippen molar-refractivity contribution in [3.8, 4) is 0 Å². The number of anilines is 1. The molecule has 0 radical (unpaired) electrons. The topological polar surface area (TPSA) is 89.3 Å². The maximum Gasteiger partial charge on any atom is 0.223 e. The van der Waals surface area contributed by atoms with Crippen LogP contribution < -0.4 is 11.1 Å². The predicted molar refractivity (Wildman–Crippen MR) is 89.3 cm³/mol. The van der Waals surface area contributed by atoms with Gasteiger partial charge in [0.1, 0.15) is 6.54 Å². The van der Waals surface area contributed by atoms with Crippen molar-refractivity contribution in [1.82, 2.24) is 10.1 Å². The number of aromatic nitrogens is 2. The number of nitrogens with zero attached hydrogens (tertiary/aromatic N) is 3. The summed E-state index contributed by atoms with van der Waals surface area (Å²) in [4.78, 5) is 8.21. The summed E-state index contributed by atoms with van der Waals surface area (Å²) in [6, 6.07) is 6.11. The number of guanidine groups is 1. The number of aryl methyl sites for hydroxylation is 3. The van der Waals surface area contributed by atoms with Gasteiger partial charge in [0.2, 0.25) is 5.89 Å². The highest BCUT2D eigenvalue weighted by Crippen LogP contribution is 2.13. The second kappa shape index (κ2) is 7.22. The zero-order valence-electron chi connectivity index (χ0n) is 11.7. The quantitative estimate of drug-likeness (QED) is 0.480. The van der Waals surface area contributed by atoms with Gasteiger partial charge in [-0.2, -0.15) is 4.98 Å². The molecule has 0 saturated heterocycles. The fourth-order valence-corrected chi connectivity index (χ4v) is 1.80. The summed E-state index contributed by atoms with van der Waals surface area (Å²) >= 11 is 0. The van der Waals surface area contributed by atoms with Crippen molar-refractivity contribution in [2.45, 2.75) is 27.3 Å². The standard InChI is InChI=1S/C13H17N5O.HI/c1-8-4-9(2)6-11(5-8)17-13(14)15-7-12-16-10(3)19-18-12;/h4-6H,7H2,1-3H3,(H3,14,15,17);1H. The Bertz CT molecular complexity index is 588. The summed E-state index contributed by atoms with van der Waals surface area (Å²) in [6.07, 6.45) is 0. The van der Waals surface area contributed by atoms with E-state index in [4.69, 9.17) is 10.3 Å². The van der Waals surface area contributed by atoms with Crippen LogP contribution in [0.1, 0.15) is 22.8 Å². The minimum atomic E-state index is 0. The molecule has 108 valence electrons. The molecule has 1 aromatic heterocycles. The van der Waals surface area contributed by atoms with E-state index in [-0.39, 0.29) is 24.0 Å². The Morgan fingerprint density at radius 1 is 1.25 bits per heavy atom. The van der Waals surface area contributed by atoms with E-state index >= 15 is 0 Å². The molecule has 6 nitrogen and oxygen atoms in total. The summed E-state index contributed by atoms with van der Waals surface area (Å²) in [5, 5.41) is 6.79. The van der Waals surface area contributed by atoms with E-state index in [2.05, 4.69) is 26.5 Å². The summed E-state index contributed by atoms with van der Waals surface area (Å²) in [6.45, 7) is 6.10. The molecule has 0 spiro atoms. The Morgan fingerprint density at radius 2 is 1.90 bits per heavy atom. The van der Waals surface area contributed by atoms with Gasteiger partial charge in [0.05, 0.1) is 0 Å². The average molecular weight is 387 g/mol. The van der Waals surface area contributed by atoms with E-state index < -0.39 is 0 Å². The molecule has 0 amide bonds. The smallest absolute Gasteiger partial charge is 0.223 e. The van der Waals surface area contributed by atoms with Gasteiger partial charge in [-0.15, -0.1) is 24.0 Å². The van der Waals surface area contributed by atoms with Gasteiger partial charge in [-0.1, -0.05) is 11.2 Å². The number of aliphatic imine (C=N–C) groups is 1. The molecule has 20 heavy (non-hydrogen) atoms. The zero-order valence-corrected chi connectivity index (χ0v) is 14.0. The first-order valence-electron chi connectivity index (χ1n) is 5.97. The first-order valence-corrected chi connectivity index (χ1v) is 5.97. The first-order chi connectivity index (χ1) is 9.02. The molecule has 0 aliphatic carbocycles. The van der Waals surface area contributed by atoms with Gasteiger partial charge >= 0.3 is 0 Å². The van der Waals surface area contributed by atoms with Crippen LogP contribution in [0.25, 0.3) is 0 Å². The molecule has 0 unspecified atom stereocenters. The average Bonchev–Trinajstić information content (AvgIpc) is 2.71. The van der Waals surface area contributed by atoms with Crippen molar-refractivity contribution in [3.05, 3.63) is 41.0 Å². The van der Waals surface area contributed by atoms with Crippen LogP contribution in [-0.2, 0) is 6.54 Å². The van der Waals surface area contributed by atoms with E-state index in [1.54, 1.807) is 6.92 Å². The fourth-order valence-electron chi connectivity index (χ4n) is 1.80. The van der Waals surface area contributed by atoms with Crippen molar-refractivity contribution in [2.24, 2.45) is 10.7 Å². The minimum absolute atomic E-state index is 0. The van der Waals surface area contributed by atoms with E-state index in [0.29, 0.717) is 24.2 Å². The van der Waals surface area contributed by atoms with Gasteiger partial charge in [0, 0.05) is 12.6 Å². The fraction of sp³-hybridized carbons (Fsp3) is 0.308. The second-order valence-corrected chi connectivity index (χ2v) is 4.43. The van der Waals surface area contributed by atoms with Gasteiger partial charge in [0.15, 0.2) is 11.8 Å². The lowest BCUT2D eigenvalue weighted by molar-refractivity contribution is 0.387. The monoisotopic (exact) mass is 387 g/mol.